The van der Waals surface area contributed by atoms with Gasteiger partial charge in [-0.15, -0.1) is 0 Å². The van der Waals surface area contributed by atoms with E-state index in [1.54, 1.807) is 7.11 Å². The summed E-state index contributed by atoms with van der Waals surface area (Å²) in [5.41, 5.74) is 4.97. The van der Waals surface area contributed by atoms with Gasteiger partial charge in [-0.1, -0.05) is 48.3 Å². The number of methoxy groups -OCH3 is 2. The third-order valence-corrected chi connectivity index (χ3v) is 9.51. The van der Waals surface area contributed by atoms with Crippen LogP contribution in [0.1, 0.15) is 75.3 Å². The van der Waals surface area contributed by atoms with Gasteiger partial charge >= 0.3 is 6.16 Å². The fourth-order valence-corrected chi connectivity index (χ4v) is 7.73. The van der Waals surface area contributed by atoms with Crippen molar-refractivity contribution in [2.45, 2.75) is 69.8 Å². The zero-order valence-corrected chi connectivity index (χ0v) is 22.0. The van der Waals surface area contributed by atoms with Crippen LogP contribution < -0.4 is 0 Å². The largest absolute Gasteiger partial charge is 0.534 e. The van der Waals surface area contributed by atoms with Gasteiger partial charge in [0.2, 0.25) is 0 Å². The van der Waals surface area contributed by atoms with Gasteiger partial charge in [-0.2, -0.15) is 0 Å². The average molecular weight is 508 g/mol. The maximum absolute atomic E-state index is 12.3. The number of oxime groups is 1. The molecular weight excluding hydrogens is 470 g/mol. The smallest absolute Gasteiger partial charge is 0.436 e. The van der Waals surface area contributed by atoms with E-state index in [9.17, 15) is 14.7 Å². The molecule has 0 amide bonds. The van der Waals surface area contributed by atoms with Gasteiger partial charge in [0, 0.05) is 24.9 Å². The van der Waals surface area contributed by atoms with E-state index in [2.05, 4.69) is 33.8 Å². The summed E-state index contributed by atoms with van der Waals surface area (Å²) in [6.45, 7) is 2.63. The highest BCUT2D eigenvalue weighted by Crippen LogP contribution is 2.65. The fraction of sp³-hybridized carbons (Fsp3) is 0.567. The van der Waals surface area contributed by atoms with Crippen LogP contribution in [0.2, 0.25) is 0 Å². The zero-order chi connectivity index (χ0) is 26.2. The molecule has 2 fully saturated rings. The summed E-state index contributed by atoms with van der Waals surface area (Å²) in [5.74, 6) is 1.17. The number of hydrogen-bond acceptors (Lipinski definition) is 7. The van der Waals surface area contributed by atoms with Crippen LogP contribution >= 0.6 is 0 Å². The first-order valence-electron chi connectivity index (χ1n) is 13.4. The maximum atomic E-state index is 12.3. The van der Waals surface area contributed by atoms with Gasteiger partial charge in [-0.05, 0) is 78.7 Å². The number of carbonyl (C=O) groups is 2. The van der Waals surface area contributed by atoms with Crippen molar-refractivity contribution in [2.75, 3.05) is 20.8 Å². The third kappa shape index (κ3) is 4.57. The standard InChI is InChI=1S/C30H37NO6/c1-29-16-25(20-8-6-19(7-9-20)17-31-37-28(33)36-3)27-23-13-11-22(32)15-21(23)10-12-24(27)26(29)5-4-14-30(29,34)18-35-2/h6-9,15,17,24-26,34H,4-5,10-14,16,18H2,1-3H3/b31-17+/t24?,25-,26?,29+,30-/m1/s1. The molecule has 4 aliphatic carbocycles. The first-order valence-corrected chi connectivity index (χ1v) is 13.4. The second-order valence-corrected chi connectivity index (χ2v) is 11.3. The number of carbonyl (C=O) groups excluding carboxylic acids is 2. The second-order valence-electron chi connectivity index (χ2n) is 11.3. The Hall–Kier alpha value is -2.77. The molecule has 0 aliphatic heterocycles. The minimum Gasteiger partial charge on any atom is -0.436 e. The topological polar surface area (TPSA) is 94.4 Å². The monoisotopic (exact) mass is 507 g/mol. The van der Waals surface area contributed by atoms with Crippen molar-refractivity contribution < 1.29 is 29.0 Å². The summed E-state index contributed by atoms with van der Waals surface area (Å²) in [6.07, 6.45) is 9.58. The minimum absolute atomic E-state index is 0.150. The fourth-order valence-electron chi connectivity index (χ4n) is 7.73. The Morgan fingerprint density at radius 3 is 2.68 bits per heavy atom. The number of allylic oxidation sites excluding steroid dienone is 4. The molecule has 198 valence electrons. The molecule has 0 saturated heterocycles. The van der Waals surface area contributed by atoms with Gasteiger partial charge in [-0.3, -0.25) is 9.63 Å². The molecule has 5 atom stereocenters. The van der Waals surface area contributed by atoms with E-state index in [4.69, 9.17) is 4.74 Å². The van der Waals surface area contributed by atoms with Crippen molar-refractivity contribution in [1.82, 2.24) is 0 Å². The van der Waals surface area contributed by atoms with Crippen LogP contribution in [-0.2, 0) is 19.1 Å². The molecule has 0 spiro atoms. The van der Waals surface area contributed by atoms with Gasteiger partial charge in [0.1, 0.15) is 0 Å². The number of ketones is 1. The first kappa shape index (κ1) is 25.9. The van der Waals surface area contributed by atoms with Crippen LogP contribution in [0.3, 0.4) is 0 Å². The van der Waals surface area contributed by atoms with Crippen molar-refractivity contribution >= 4 is 18.2 Å². The molecule has 0 bridgehead atoms. The summed E-state index contributed by atoms with van der Waals surface area (Å²) in [4.78, 5) is 28.0. The van der Waals surface area contributed by atoms with Crippen molar-refractivity contribution in [3.8, 4) is 0 Å². The number of ether oxygens (including phenoxy) is 2. The van der Waals surface area contributed by atoms with E-state index >= 15 is 0 Å². The molecule has 1 aromatic carbocycles. The summed E-state index contributed by atoms with van der Waals surface area (Å²) >= 11 is 0. The molecule has 1 aromatic rings. The van der Waals surface area contributed by atoms with E-state index in [1.807, 2.05) is 18.2 Å². The van der Waals surface area contributed by atoms with Gasteiger partial charge in [0.25, 0.3) is 0 Å². The van der Waals surface area contributed by atoms with E-state index in [-0.39, 0.29) is 17.1 Å². The third-order valence-electron chi connectivity index (χ3n) is 9.51. The summed E-state index contributed by atoms with van der Waals surface area (Å²) in [5, 5.41) is 15.7. The molecule has 2 unspecified atom stereocenters. The molecule has 7 nitrogen and oxygen atoms in total. The SMILES string of the molecule is COC[C@]1(O)CCCC2C3CCC4=CC(=O)CCC4=C3[C@@H](c3ccc(/C=N/OC(=O)OC)cc3)C[C@@]21C. The van der Waals surface area contributed by atoms with Gasteiger partial charge in [0.15, 0.2) is 5.78 Å². The Bertz CT molecular complexity index is 1150. The molecule has 37 heavy (non-hydrogen) atoms. The lowest BCUT2D eigenvalue weighted by Gasteiger charge is -2.61. The average Bonchev–Trinajstić information content (AvgIpc) is 2.89. The number of rotatable bonds is 5. The van der Waals surface area contributed by atoms with Crippen LogP contribution in [0.4, 0.5) is 4.79 Å². The predicted octanol–water partition coefficient (Wildman–Crippen LogP) is 5.47. The minimum atomic E-state index is -0.865. The lowest BCUT2D eigenvalue weighted by molar-refractivity contribution is -0.187. The predicted molar refractivity (Wildman–Crippen MR) is 139 cm³/mol. The molecule has 0 radical (unpaired) electrons. The second kappa shape index (κ2) is 10.2. The molecule has 7 heteroatoms. The number of hydrogen-bond donors (Lipinski definition) is 1. The highest BCUT2D eigenvalue weighted by Gasteiger charge is 2.60. The van der Waals surface area contributed by atoms with Crippen LogP contribution in [-0.4, -0.2) is 49.7 Å². The maximum Gasteiger partial charge on any atom is 0.534 e. The Morgan fingerprint density at radius 1 is 1.16 bits per heavy atom. The van der Waals surface area contributed by atoms with Crippen molar-refractivity contribution in [3.63, 3.8) is 0 Å². The Balaban J connectivity index is 1.56. The number of aliphatic hydroxyl groups is 1. The first-order chi connectivity index (χ1) is 17.8. The molecule has 5 rings (SSSR count). The van der Waals surface area contributed by atoms with Crippen LogP contribution in [0, 0.1) is 17.3 Å². The van der Waals surface area contributed by atoms with Crippen LogP contribution in [0.25, 0.3) is 0 Å². The van der Waals surface area contributed by atoms with Crippen molar-refractivity contribution in [2.24, 2.45) is 22.4 Å². The van der Waals surface area contributed by atoms with E-state index < -0.39 is 11.8 Å². The van der Waals surface area contributed by atoms with E-state index in [0.29, 0.717) is 24.9 Å². The highest BCUT2D eigenvalue weighted by atomic mass is 16.8. The molecule has 2 saturated carbocycles. The van der Waals surface area contributed by atoms with Crippen molar-refractivity contribution in [3.05, 3.63) is 58.2 Å². The van der Waals surface area contributed by atoms with Crippen LogP contribution in [0.5, 0.6) is 0 Å². The van der Waals surface area contributed by atoms with Gasteiger partial charge in [-0.25, -0.2) is 4.79 Å². The quantitative estimate of drug-likeness (QED) is 0.246. The lowest BCUT2D eigenvalue weighted by atomic mass is 9.45. The summed E-state index contributed by atoms with van der Waals surface area (Å²) < 4.78 is 10.0. The summed E-state index contributed by atoms with van der Waals surface area (Å²) in [7, 11) is 2.92. The van der Waals surface area contributed by atoms with E-state index in [0.717, 1.165) is 50.5 Å². The Labute approximate surface area is 218 Å². The molecule has 0 heterocycles. The molecule has 1 N–H and O–H groups in total. The Kier molecular flexibility index (Phi) is 7.12. The van der Waals surface area contributed by atoms with Gasteiger partial charge in [0.05, 0.1) is 25.5 Å². The molecular formula is C30H37NO6. The van der Waals surface area contributed by atoms with E-state index in [1.165, 1.54) is 35.6 Å². The lowest BCUT2D eigenvalue weighted by Crippen LogP contribution is -2.61. The number of fused-ring (bicyclic) bond motifs is 4. The summed E-state index contributed by atoms with van der Waals surface area (Å²) in [6, 6.07) is 8.17. The zero-order valence-electron chi connectivity index (χ0n) is 22.0. The Morgan fingerprint density at radius 2 is 1.95 bits per heavy atom. The highest BCUT2D eigenvalue weighted by molar-refractivity contribution is 5.93. The number of benzene rings is 1. The van der Waals surface area contributed by atoms with Gasteiger partial charge < -0.3 is 14.6 Å². The number of nitrogens with zero attached hydrogens (tertiary/aromatic N) is 1. The molecule has 4 aliphatic rings. The van der Waals surface area contributed by atoms with Crippen molar-refractivity contribution in [1.29, 1.82) is 0 Å². The normalized spacial score (nSPS) is 33.4. The molecule has 0 aromatic heterocycles. The van der Waals surface area contributed by atoms with Crippen LogP contribution in [0.15, 0.2) is 52.2 Å².